The van der Waals surface area contributed by atoms with Crippen LogP contribution in [-0.2, 0) is 26.0 Å². The van der Waals surface area contributed by atoms with Gasteiger partial charge in [0.15, 0.2) is 0 Å². The number of nitrogens with one attached hydrogen (secondary N) is 2. The summed E-state index contributed by atoms with van der Waals surface area (Å²) < 4.78 is 22.2. The molecule has 2 amide bonds. The Balaban J connectivity index is 1.86. The van der Waals surface area contributed by atoms with Gasteiger partial charge in [0, 0.05) is 0 Å². The van der Waals surface area contributed by atoms with Crippen LogP contribution in [0.25, 0.3) is 0 Å². The van der Waals surface area contributed by atoms with Crippen molar-refractivity contribution in [3.05, 3.63) is 29.8 Å². The molecule has 1 atom stereocenters. The molecule has 0 spiro atoms. The number of hydrogen-bond acceptors (Lipinski definition) is 5. The molecule has 1 aliphatic rings. The van der Waals surface area contributed by atoms with Gasteiger partial charge in [-0.25, -0.2) is 13.6 Å². The molecule has 1 saturated heterocycles. The summed E-state index contributed by atoms with van der Waals surface area (Å²) in [4.78, 5) is 22.4. The minimum absolute atomic E-state index is 0.0648. The zero-order chi connectivity index (χ0) is 14.8. The van der Waals surface area contributed by atoms with Crippen molar-refractivity contribution in [2.45, 2.75) is 23.8 Å². The number of nitrogens with two attached hydrogens (primary N) is 1. The van der Waals surface area contributed by atoms with Crippen LogP contribution < -0.4 is 15.8 Å². The Morgan fingerprint density at radius 3 is 2.40 bits per heavy atom. The largest absolute Gasteiger partial charge is 0.305 e. The van der Waals surface area contributed by atoms with Gasteiger partial charge in [0.2, 0.25) is 21.8 Å². The van der Waals surface area contributed by atoms with E-state index >= 15 is 0 Å². The predicted octanol–water partition coefficient (Wildman–Crippen LogP) is -1.12. The van der Waals surface area contributed by atoms with Crippen LogP contribution in [0.5, 0.6) is 0 Å². The lowest BCUT2D eigenvalue weighted by atomic mass is 10.1. The molecule has 7 nitrogen and oxygen atoms in total. The Hall–Kier alpha value is -1.77. The lowest BCUT2D eigenvalue weighted by Crippen LogP contribution is -2.37. The van der Waals surface area contributed by atoms with Crippen LogP contribution >= 0.6 is 0 Å². The Kier molecular flexibility index (Phi) is 4.17. The fourth-order valence-electron chi connectivity index (χ4n) is 1.96. The Labute approximate surface area is 116 Å². The maximum atomic E-state index is 11.3. The summed E-state index contributed by atoms with van der Waals surface area (Å²) in [6.45, 7) is 0.514. The van der Waals surface area contributed by atoms with E-state index in [1.165, 1.54) is 12.1 Å². The van der Waals surface area contributed by atoms with Crippen LogP contribution in [-0.4, -0.2) is 32.8 Å². The molecule has 0 unspecified atom stereocenters. The SMILES string of the molecule is NS(=O)(=O)c1ccc(CCN[C@@H]2CC(=O)NC2=O)cc1. The zero-order valence-corrected chi connectivity index (χ0v) is 11.4. The molecule has 8 heteroatoms. The van der Waals surface area contributed by atoms with Crippen molar-refractivity contribution in [1.29, 1.82) is 0 Å². The number of imide groups is 1. The minimum atomic E-state index is -3.67. The van der Waals surface area contributed by atoms with E-state index in [9.17, 15) is 18.0 Å². The molecule has 0 aromatic heterocycles. The molecular formula is C12H15N3O4S. The predicted molar refractivity (Wildman–Crippen MR) is 71.1 cm³/mol. The van der Waals surface area contributed by atoms with Crippen molar-refractivity contribution in [3.63, 3.8) is 0 Å². The van der Waals surface area contributed by atoms with E-state index in [2.05, 4.69) is 10.6 Å². The van der Waals surface area contributed by atoms with E-state index in [1.54, 1.807) is 12.1 Å². The summed E-state index contributed by atoms with van der Waals surface area (Å²) in [5.41, 5.74) is 0.912. The standard InChI is InChI=1S/C12H15N3O4S/c13-20(18,19)9-3-1-8(2-4-9)5-6-14-10-7-11(16)15-12(10)17/h1-4,10,14H,5-7H2,(H2,13,18,19)(H,15,16,17)/t10-/m1/s1. The topological polar surface area (TPSA) is 118 Å². The second-order valence-corrected chi connectivity index (χ2v) is 6.12. The maximum Gasteiger partial charge on any atom is 0.244 e. The van der Waals surface area contributed by atoms with Gasteiger partial charge in [-0.2, -0.15) is 0 Å². The van der Waals surface area contributed by atoms with Crippen LogP contribution in [0.4, 0.5) is 0 Å². The highest BCUT2D eigenvalue weighted by atomic mass is 32.2. The third kappa shape index (κ3) is 3.62. The molecule has 0 saturated carbocycles. The van der Waals surface area contributed by atoms with Crippen LogP contribution in [0.15, 0.2) is 29.2 Å². The monoisotopic (exact) mass is 297 g/mol. The highest BCUT2D eigenvalue weighted by Crippen LogP contribution is 2.09. The highest BCUT2D eigenvalue weighted by molar-refractivity contribution is 7.89. The molecule has 0 bridgehead atoms. The second kappa shape index (κ2) is 5.70. The van der Waals surface area contributed by atoms with Crippen LogP contribution in [0.2, 0.25) is 0 Å². The van der Waals surface area contributed by atoms with Gasteiger partial charge < -0.3 is 5.32 Å². The first kappa shape index (κ1) is 14.6. The summed E-state index contributed by atoms with van der Waals surface area (Å²) in [6.07, 6.45) is 0.770. The van der Waals surface area contributed by atoms with Crippen LogP contribution in [0, 0.1) is 0 Å². The van der Waals surface area contributed by atoms with Crippen molar-refractivity contribution >= 4 is 21.8 Å². The molecule has 2 rings (SSSR count). The first-order valence-electron chi connectivity index (χ1n) is 6.05. The number of amides is 2. The quantitative estimate of drug-likeness (QED) is 0.595. The Morgan fingerprint density at radius 2 is 1.90 bits per heavy atom. The number of carbonyl (C=O) groups is 2. The summed E-state index contributed by atoms with van der Waals surface area (Å²) in [7, 11) is -3.67. The average Bonchev–Trinajstić information content (AvgIpc) is 2.67. The van der Waals surface area contributed by atoms with E-state index in [4.69, 9.17) is 5.14 Å². The highest BCUT2D eigenvalue weighted by Gasteiger charge is 2.29. The average molecular weight is 297 g/mol. The number of rotatable bonds is 5. The summed E-state index contributed by atoms with van der Waals surface area (Å²) >= 11 is 0. The van der Waals surface area contributed by atoms with Gasteiger partial charge in [0.1, 0.15) is 0 Å². The van der Waals surface area contributed by atoms with Gasteiger partial charge in [-0.15, -0.1) is 0 Å². The lowest BCUT2D eigenvalue weighted by molar-refractivity contribution is -0.125. The molecular weight excluding hydrogens is 282 g/mol. The molecule has 1 aromatic rings. The zero-order valence-electron chi connectivity index (χ0n) is 10.6. The van der Waals surface area contributed by atoms with Crippen molar-refractivity contribution in [1.82, 2.24) is 10.6 Å². The molecule has 0 radical (unpaired) electrons. The maximum absolute atomic E-state index is 11.3. The first-order chi connectivity index (χ1) is 9.36. The smallest absolute Gasteiger partial charge is 0.244 e. The number of primary sulfonamides is 1. The molecule has 20 heavy (non-hydrogen) atoms. The Bertz CT molecular complexity index is 625. The summed E-state index contributed by atoms with van der Waals surface area (Å²) in [5.74, 6) is -0.579. The van der Waals surface area contributed by atoms with E-state index in [1.807, 2.05) is 0 Å². The van der Waals surface area contributed by atoms with Gasteiger partial charge in [-0.05, 0) is 30.7 Å². The first-order valence-corrected chi connectivity index (χ1v) is 7.60. The number of carbonyl (C=O) groups excluding carboxylic acids is 2. The van der Waals surface area contributed by atoms with Gasteiger partial charge in [-0.3, -0.25) is 14.9 Å². The minimum Gasteiger partial charge on any atom is -0.305 e. The van der Waals surface area contributed by atoms with Crippen LogP contribution in [0.1, 0.15) is 12.0 Å². The normalized spacial score (nSPS) is 19.1. The van der Waals surface area contributed by atoms with E-state index in [-0.39, 0.29) is 23.1 Å². The lowest BCUT2D eigenvalue weighted by Gasteiger charge is -2.09. The second-order valence-electron chi connectivity index (χ2n) is 4.56. The fraction of sp³-hybridized carbons (Fsp3) is 0.333. The molecule has 108 valence electrons. The summed E-state index contributed by atoms with van der Waals surface area (Å²) in [5, 5.41) is 10.2. The van der Waals surface area contributed by atoms with Crippen molar-refractivity contribution < 1.29 is 18.0 Å². The van der Waals surface area contributed by atoms with Crippen molar-refractivity contribution in [2.75, 3.05) is 6.54 Å². The summed E-state index contributed by atoms with van der Waals surface area (Å²) in [6, 6.07) is 5.74. The van der Waals surface area contributed by atoms with E-state index in [0.29, 0.717) is 13.0 Å². The molecule has 1 heterocycles. The van der Waals surface area contributed by atoms with Gasteiger partial charge >= 0.3 is 0 Å². The number of sulfonamides is 1. The Morgan fingerprint density at radius 1 is 1.25 bits per heavy atom. The third-order valence-corrected chi connectivity index (χ3v) is 3.95. The molecule has 1 aromatic carbocycles. The number of benzene rings is 1. The van der Waals surface area contributed by atoms with Crippen molar-refractivity contribution in [3.8, 4) is 0 Å². The van der Waals surface area contributed by atoms with Crippen molar-refractivity contribution in [2.24, 2.45) is 5.14 Å². The van der Waals surface area contributed by atoms with E-state index < -0.39 is 16.1 Å². The third-order valence-electron chi connectivity index (χ3n) is 3.02. The number of hydrogen-bond donors (Lipinski definition) is 3. The molecule has 1 fully saturated rings. The fourth-order valence-corrected chi connectivity index (χ4v) is 2.47. The molecule has 1 aliphatic heterocycles. The van der Waals surface area contributed by atoms with Gasteiger partial charge in [0.05, 0.1) is 17.4 Å². The van der Waals surface area contributed by atoms with Crippen LogP contribution in [0.3, 0.4) is 0 Å². The van der Waals surface area contributed by atoms with Gasteiger partial charge in [-0.1, -0.05) is 12.1 Å². The van der Waals surface area contributed by atoms with Gasteiger partial charge in [0.25, 0.3) is 0 Å². The molecule has 0 aliphatic carbocycles. The van der Waals surface area contributed by atoms with E-state index in [0.717, 1.165) is 5.56 Å². The molecule has 4 N–H and O–H groups in total.